The zero-order valence-electron chi connectivity index (χ0n) is 9.51. The van der Waals surface area contributed by atoms with Gasteiger partial charge < -0.3 is 26.5 Å². The third-order valence-corrected chi connectivity index (χ3v) is 2.79. The second-order valence-corrected chi connectivity index (χ2v) is 4.17. The van der Waals surface area contributed by atoms with Gasteiger partial charge in [0.05, 0.1) is 11.0 Å². The molecule has 0 aliphatic heterocycles. The van der Waals surface area contributed by atoms with Gasteiger partial charge in [-0.1, -0.05) is 6.07 Å². The van der Waals surface area contributed by atoms with Crippen LogP contribution in [0.15, 0.2) is 23.0 Å². The molecule has 2 aromatic rings. The minimum Gasteiger partial charge on any atom is -0.480 e. The first-order valence-electron chi connectivity index (χ1n) is 5.43. The average molecular weight is 250 g/mol. The standard InChI is InChI=1S/C11H14N4O3/c12-6(4-7(13)10(16)17)5-1-2-8-9(3-5)15-11(18)14-8/h1-3,6-7H,4,12-13H2,(H,16,17)(H2,14,15,18). The molecule has 1 aromatic heterocycles. The predicted molar refractivity (Wildman–Crippen MR) is 66.1 cm³/mol. The Morgan fingerprint density at radius 2 is 1.94 bits per heavy atom. The molecule has 2 atom stereocenters. The van der Waals surface area contributed by atoms with Crippen molar-refractivity contribution in [3.05, 3.63) is 34.2 Å². The molecule has 2 unspecified atom stereocenters. The maximum Gasteiger partial charge on any atom is 0.323 e. The zero-order chi connectivity index (χ0) is 13.3. The highest BCUT2D eigenvalue weighted by molar-refractivity contribution is 5.75. The molecule has 0 spiro atoms. The Labute approximate surface area is 102 Å². The molecule has 0 amide bonds. The van der Waals surface area contributed by atoms with E-state index in [2.05, 4.69) is 9.97 Å². The molecule has 96 valence electrons. The SMILES string of the molecule is NC(CC(N)c1ccc2[nH]c(=O)[nH]c2c1)C(=O)O. The van der Waals surface area contributed by atoms with Crippen LogP contribution in [0.25, 0.3) is 11.0 Å². The van der Waals surface area contributed by atoms with Gasteiger partial charge in [-0.2, -0.15) is 0 Å². The first-order valence-corrected chi connectivity index (χ1v) is 5.43. The highest BCUT2D eigenvalue weighted by Gasteiger charge is 2.17. The maximum absolute atomic E-state index is 11.1. The minimum absolute atomic E-state index is 0.134. The summed E-state index contributed by atoms with van der Waals surface area (Å²) in [6, 6.07) is 3.69. The van der Waals surface area contributed by atoms with Crippen LogP contribution in [0, 0.1) is 0 Å². The van der Waals surface area contributed by atoms with Crippen molar-refractivity contribution in [3.8, 4) is 0 Å². The van der Waals surface area contributed by atoms with Gasteiger partial charge in [-0.3, -0.25) is 4.79 Å². The van der Waals surface area contributed by atoms with Gasteiger partial charge in [0, 0.05) is 6.04 Å². The van der Waals surface area contributed by atoms with E-state index < -0.39 is 18.1 Å². The Hall–Kier alpha value is -2.12. The largest absolute Gasteiger partial charge is 0.480 e. The molecule has 0 aliphatic carbocycles. The van der Waals surface area contributed by atoms with E-state index >= 15 is 0 Å². The predicted octanol–water partition coefficient (Wildman–Crippen LogP) is -0.342. The molecule has 7 heteroatoms. The monoisotopic (exact) mass is 250 g/mol. The summed E-state index contributed by atoms with van der Waals surface area (Å²) >= 11 is 0. The molecule has 0 saturated heterocycles. The summed E-state index contributed by atoms with van der Waals surface area (Å²) in [5.74, 6) is -1.08. The lowest BCUT2D eigenvalue weighted by Crippen LogP contribution is -2.33. The van der Waals surface area contributed by atoms with E-state index in [0.29, 0.717) is 11.0 Å². The fraction of sp³-hybridized carbons (Fsp3) is 0.273. The summed E-state index contributed by atoms with van der Waals surface area (Å²) in [5.41, 5.74) is 13.1. The van der Waals surface area contributed by atoms with Crippen LogP contribution >= 0.6 is 0 Å². The Kier molecular flexibility index (Phi) is 3.17. The number of aliphatic carboxylic acids is 1. The number of aromatic nitrogens is 2. The van der Waals surface area contributed by atoms with E-state index in [1.165, 1.54) is 0 Å². The number of aromatic amines is 2. The van der Waals surface area contributed by atoms with Gasteiger partial charge in [0.2, 0.25) is 0 Å². The second-order valence-electron chi connectivity index (χ2n) is 4.17. The lowest BCUT2D eigenvalue weighted by molar-refractivity contribution is -0.138. The molecular formula is C11H14N4O3. The number of benzene rings is 1. The summed E-state index contributed by atoms with van der Waals surface area (Å²) < 4.78 is 0. The average Bonchev–Trinajstić information content (AvgIpc) is 2.67. The smallest absolute Gasteiger partial charge is 0.323 e. The highest BCUT2D eigenvalue weighted by Crippen LogP contribution is 2.18. The number of carboxylic acids is 1. The van der Waals surface area contributed by atoms with E-state index in [0.717, 1.165) is 5.56 Å². The van der Waals surface area contributed by atoms with E-state index in [-0.39, 0.29) is 12.1 Å². The number of hydrogen-bond donors (Lipinski definition) is 5. The number of nitrogens with one attached hydrogen (secondary N) is 2. The van der Waals surface area contributed by atoms with Crippen molar-refractivity contribution in [2.75, 3.05) is 0 Å². The second kappa shape index (κ2) is 4.63. The van der Waals surface area contributed by atoms with E-state index in [1.807, 2.05) is 0 Å². The Morgan fingerprint density at radius 1 is 1.28 bits per heavy atom. The number of carbonyl (C=O) groups is 1. The summed E-state index contributed by atoms with van der Waals surface area (Å²) in [6.45, 7) is 0. The third-order valence-electron chi connectivity index (χ3n) is 2.79. The number of H-pyrrole nitrogens is 2. The molecule has 0 aliphatic rings. The summed E-state index contributed by atoms with van der Waals surface area (Å²) in [4.78, 5) is 27.0. The van der Waals surface area contributed by atoms with Gasteiger partial charge in [-0.25, -0.2) is 4.79 Å². The van der Waals surface area contributed by atoms with Crippen LogP contribution in [0.3, 0.4) is 0 Å². The van der Waals surface area contributed by atoms with Crippen molar-refractivity contribution in [1.29, 1.82) is 0 Å². The normalized spacial score (nSPS) is 14.6. The van der Waals surface area contributed by atoms with Crippen LogP contribution in [0.4, 0.5) is 0 Å². The first kappa shape index (κ1) is 12.3. The van der Waals surface area contributed by atoms with Crippen molar-refractivity contribution in [2.45, 2.75) is 18.5 Å². The molecule has 7 N–H and O–H groups in total. The Morgan fingerprint density at radius 3 is 2.61 bits per heavy atom. The number of nitrogens with two attached hydrogens (primary N) is 2. The van der Waals surface area contributed by atoms with Crippen LogP contribution < -0.4 is 17.2 Å². The lowest BCUT2D eigenvalue weighted by Gasteiger charge is -2.14. The molecule has 18 heavy (non-hydrogen) atoms. The maximum atomic E-state index is 11.1. The third kappa shape index (κ3) is 2.41. The molecule has 0 saturated carbocycles. The highest BCUT2D eigenvalue weighted by atomic mass is 16.4. The molecule has 7 nitrogen and oxygen atoms in total. The molecule has 2 rings (SSSR count). The number of carboxylic acid groups (broad SMARTS) is 1. The molecule has 0 fully saturated rings. The first-order chi connectivity index (χ1) is 8.47. The van der Waals surface area contributed by atoms with Crippen LogP contribution in [0.2, 0.25) is 0 Å². The van der Waals surface area contributed by atoms with Gasteiger partial charge in [-0.15, -0.1) is 0 Å². The number of imidazole rings is 1. The van der Waals surface area contributed by atoms with E-state index in [4.69, 9.17) is 16.6 Å². The van der Waals surface area contributed by atoms with Crippen molar-refractivity contribution in [3.63, 3.8) is 0 Å². The number of rotatable bonds is 4. The topological polar surface area (TPSA) is 138 Å². The van der Waals surface area contributed by atoms with Gasteiger partial charge >= 0.3 is 11.7 Å². The number of hydrogen-bond acceptors (Lipinski definition) is 4. The van der Waals surface area contributed by atoms with Crippen molar-refractivity contribution in [1.82, 2.24) is 9.97 Å². The van der Waals surface area contributed by atoms with Crippen molar-refractivity contribution < 1.29 is 9.90 Å². The van der Waals surface area contributed by atoms with Crippen LogP contribution in [-0.4, -0.2) is 27.1 Å². The Bertz CT molecular complexity index is 630. The van der Waals surface area contributed by atoms with Gasteiger partial charge in [0.15, 0.2) is 0 Å². The molecule has 1 heterocycles. The molecule has 0 radical (unpaired) electrons. The summed E-state index contributed by atoms with van der Waals surface area (Å²) in [6.07, 6.45) is 0.134. The zero-order valence-corrected chi connectivity index (χ0v) is 9.51. The number of fused-ring (bicyclic) bond motifs is 1. The van der Waals surface area contributed by atoms with Gasteiger partial charge in [0.1, 0.15) is 6.04 Å². The quantitative estimate of drug-likeness (QED) is 0.505. The Balaban J connectivity index is 2.24. The van der Waals surface area contributed by atoms with Crippen LogP contribution in [0.1, 0.15) is 18.0 Å². The fourth-order valence-corrected chi connectivity index (χ4v) is 1.79. The molecule has 1 aromatic carbocycles. The lowest BCUT2D eigenvalue weighted by atomic mass is 10.0. The molecule has 0 bridgehead atoms. The van der Waals surface area contributed by atoms with Crippen molar-refractivity contribution >= 4 is 17.0 Å². The fourth-order valence-electron chi connectivity index (χ4n) is 1.79. The van der Waals surface area contributed by atoms with Crippen molar-refractivity contribution in [2.24, 2.45) is 11.5 Å². The van der Waals surface area contributed by atoms with Gasteiger partial charge in [-0.05, 0) is 24.1 Å². The molecular weight excluding hydrogens is 236 g/mol. The van der Waals surface area contributed by atoms with Gasteiger partial charge in [0.25, 0.3) is 0 Å². The summed E-state index contributed by atoms with van der Waals surface area (Å²) in [7, 11) is 0. The van der Waals surface area contributed by atoms with Crippen LogP contribution in [-0.2, 0) is 4.79 Å². The minimum atomic E-state index is -1.08. The van der Waals surface area contributed by atoms with E-state index in [9.17, 15) is 9.59 Å². The van der Waals surface area contributed by atoms with E-state index in [1.54, 1.807) is 18.2 Å². The summed E-state index contributed by atoms with van der Waals surface area (Å²) in [5, 5.41) is 8.72. The van der Waals surface area contributed by atoms with Crippen LogP contribution in [0.5, 0.6) is 0 Å².